The Hall–Kier alpha value is -2.27. The smallest absolute Gasteiger partial charge is 0.383 e. The minimum absolute atomic E-state index is 0.826. The minimum Gasteiger partial charge on any atom is -0.386 e. The first kappa shape index (κ1) is 9.63. The molecule has 5 heterocycles. The predicted molar refractivity (Wildman–Crippen MR) is 71.9 cm³/mol. The van der Waals surface area contributed by atoms with E-state index in [1.165, 1.54) is 10.9 Å². The van der Waals surface area contributed by atoms with Gasteiger partial charge in [0.15, 0.2) is 6.54 Å². The van der Waals surface area contributed by atoms with E-state index in [-0.39, 0.29) is 0 Å². The van der Waals surface area contributed by atoms with Crippen LogP contribution in [0.2, 0.25) is 0 Å². The van der Waals surface area contributed by atoms with Gasteiger partial charge in [-0.3, -0.25) is 4.98 Å². The quantitative estimate of drug-likeness (QED) is 0.405. The van der Waals surface area contributed by atoms with Crippen molar-refractivity contribution in [3.05, 3.63) is 42.4 Å². The fourth-order valence-corrected chi connectivity index (χ4v) is 3.75. The summed E-state index contributed by atoms with van der Waals surface area (Å²) in [6.07, 6.45) is 5.54. The van der Waals surface area contributed by atoms with Gasteiger partial charge in [-0.05, 0) is 18.2 Å². The van der Waals surface area contributed by atoms with E-state index in [4.69, 9.17) is 4.42 Å². The van der Waals surface area contributed by atoms with Crippen molar-refractivity contribution >= 4 is 32.0 Å². The Balaban J connectivity index is 1.94. The molecular formula is C14H8N3OS+. The van der Waals surface area contributed by atoms with Gasteiger partial charge >= 0.3 is 5.89 Å². The van der Waals surface area contributed by atoms with Gasteiger partial charge in [-0.2, -0.15) is 4.57 Å². The molecule has 1 aliphatic heterocycles. The lowest BCUT2D eigenvalue weighted by atomic mass is 10.2. The van der Waals surface area contributed by atoms with Crippen LogP contribution in [0.3, 0.4) is 0 Å². The molecule has 5 rings (SSSR count). The van der Waals surface area contributed by atoms with Gasteiger partial charge in [0.1, 0.15) is 4.83 Å². The number of pyridine rings is 2. The van der Waals surface area contributed by atoms with Crippen molar-refractivity contribution in [2.45, 2.75) is 6.54 Å². The molecule has 0 saturated carbocycles. The number of rotatable bonds is 0. The second kappa shape index (κ2) is 3.19. The first-order valence-electron chi connectivity index (χ1n) is 6.05. The first-order chi connectivity index (χ1) is 9.42. The van der Waals surface area contributed by atoms with E-state index in [9.17, 15) is 0 Å². The molecule has 19 heavy (non-hydrogen) atoms. The summed E-state index contributed by atoms with van der Waals surface area (Å²) in [6, 6.07) is 6.09. The first-order valence-corrected chi connectivity index (χ1v) is 6.86. The number of hydrogen-bond acceptors (Lipinski definition) is 4. The summed E-state index contributed by atoms with van der Waals surface area (Å²) in [5.74, 6) is 0.935. The average molecular weight is 266 g/mol. The normalized spacial score (nSPS) is 13.1. The summed E-state index contributed by atoms with van der Waals surface area (Å²) < 4.78 is 8.26. The number of thiophene rings is 1. The highest BCUT2D eigenvalue weighted by atomic mass is 32.1. The Morgan fingerprint density at radius 3 is 3.26 bits per heavy atom. The molecule has 0 bridgehead atoms. The maximum absolute atomic E-state index is 6.04. The van der Waals surface area contributed by atoms with Crippen molar-refractivity contribution in [1.82, 2.24) is 9.97 Å². The van der Waals surface area contributed by atoms with Gasteiger partial charge in [-0.15, -0.1) is 0 Å². The van der Waals surface area contributed by atoms with Crippen molar-refractivity contribution in [3.63, 3.8) is 0 Å². The van der Waals surface area contributed by atoms with Crippen LogP contribution in [-0.2, 0) is 6.54 Å². The summed E-state index contributed by atoms with van der Waals surface area (Å²) in [4.78, 5) is 10.6. The maximum Gasteiger partial charge on any atom is 0.383 e. The van der Waals surface area contributed by atoms with Crippen LogP contribution in [0.4, 0.5) is 0 Å². The van der Waals surface area contributed by atoms with Gasteiger partial charge in [-0.1, -0.05) is 11.3 Å². The monoisotopic (exact) mass is 266 g/mol. The van der Waals surface area contributed by atoms with Gasteiger partial charge in [0.2, 0.25) is 0 Å². The molecule has 0 fully saturated rings. The van der Waals surface area contributed by atoms with Crippen molar-refractivity contribution in [2.24, 2.45) is 0 Å². The van der Waals surface area contributed by atoms with Crippen LogP contribution < -0.4 is 4.57 Å². The molecule has 4 aromatic heterocycles. The number of oxazole rings is 1. The molecule has 0 saturated heterocycles. The second-order valence-corrected chi connectivity index (χ2v) is 5.58. The summed E-state index contributed by atoms with van der Waals surface area (Å²) in [7, 11) is 0. The fraction of sp³-hybridized carbons (Fsp3) is 0.0714. The third-order valence-electron chi connectivity index (χ3n) is 3.58. The van der Waals surface area contributed by atoms with E-state index >= 15 is 0 Å². The number of nitrogens with zero attached hydrogens (tertiary/aromatic N) is 3. The molecule has 4 nitrogen and oxygen atoms in total. The van der Waals surface area contributed by atoms with Gasteiger partial charge < -0.3 is 4.42 Å². The highest BCUT2D eigenvalue weighted by Gasteiger charge is 2.36. The Bertz CT molecular complexity index is 954. The SMILES string of the molecule is c1cnc2sc3oc4[n+](c3c2c1)Cc1cnccc1-4. The Labute approximate surface area is 112 Å². The van der Waals surface area contributed by atoms with E-state index in [1.54, 1.807) is 11.3 Å². The topological polar surface area (TPSA) is 42.8 Å². The molecule has 90 valence electrons. The van der Waals surface area contributed by atoms with Crippen LogP contribution in [0.15, 0.2) is 41.2 Å². The van der Waals surface area contributed by atoms with E-state index < -0.39 is 0 Å². The Kier molecular flexibility index (Phi) is 1.62. The lowest BCUT2D eigenvalue weighted by Gasteiger charge is -1.88. The van der Waals surface area contributed by atoms with E-state index in [2.05, 4.69) is 20.6 Å². The van der Waals surface area contributed by atoms with Crippen molar-refractivity contribution in [3.8, 4) is 11.5 Å². The summed E-state index contributed by atoms with van der Waals surface area (Å²) in [5.41, 5.74) is 3.51. The lowest BCUT2D eigenvalue weighted by Crippen LogP contribution is -2.30. The standard InChI is InChI=1S/C14H8N3OS/c1-2-10-11-14(19-12(10)16-4-1)18-13-9-3-5-15-6-8(9)7-17(11)13/h1-6H,7H2/q+1. The van der Waals surface area contributed by atoms with Crippen LogP contribution in [0.1, 0.15) is 5.56 Å². The summed E-state index contributed by atoms with van der Waals surface area (Å²) in [6.45, 7) is 0.826. The van der Waals surface area contributed by atoms with Gasteiger partial charge in [-0.25, -0.2) is 4.98 Å². The zero-order chi connectivity index (χ0) is 12.4. The van der Waals surface area contributed by atoms with Crippen LogP contribution in [0.5, 0.6) is 0 Å². The van der Waals surface area contributed by atoms with Crippen LogP contribution in [0.25, 0.3) is 32.1 Å². The molecule has 0 radical (unpaired) electrons. The third kappa shape index (κ3) is 1.11. The van der Waals surface area contributed by atoms with Crippen LogP contribution >= 0.6 is 11.3 Å². The van der Waals surface area contributed by atoms with E-state index in [0.29, 0.717) is 0 Å². The molecule has 0 aromatic carbocycles. The van der Waals surface area contributed by atoms with E-state index in [0.717, 1.165) is 33.2 Å². The van der Waals surface area contributed by atoms with Crippen molar-refractivity contribution in [1.29, 1.82) is 0 Å². The molecule has 4 aromatic rings. The third-order valence-corrected chi connectivity index (χ3v) is 4.56. The predicted octanol–water partition coefficient (Wildman–Crippen LogP) is 2.75. The summed E-state index contributed by atoms with van der Waals surface area (Å²) >= 11 is 1.61. The zero-order valence-electron chi connectivity index (χ0n) is 9.83. The molecule has 0 N–H and O–H groups in total. The van der Waals surface area contributed by atoms with Gasteiger partial charge in [0.05, 0.1) is 16.5 Å². The molecule has 0 spiro atoms. The largest absolute Gasteiger partial charge is 0.386 e. The van der Waals surface area contributed by atoms with Gasteiger partial charge in [0.25, 0.3) is 10.4 Å². The van der Waals surface area contributed by atoms with E-state index in [1.807, 2.05) is 30.7 Å². The second-order valence-electron chi connectivity index (χ2n) is 4.62. The number of aromatic nitrogens is 3. The van der Waals surface area contributed by atoms with Crippen LogP contribution in [0, 0.1) is 0 Å². The molecule has 5 heteroatoms. The summed E-state index contributed by atoms with van der Waals surface area (Å²) in [5, 5.41) is 1.17. The van der Waals surface area contributed by atoms with Gasteiger partial charge in [0, 0.05) is 18.6 Å². The molecule has 1 aliphatic rings. The lowest BCUT2D eigenvalue weighted by molar-refractivity contribution is -0.648. The average Bonchev–Trinajstić information content (AvgIpc) is 3.05. The Morgan fingerprint density at radius 1 is 1.26 bits per heavy atom. The van der Waals surface area contributed by atoms with Crippen molar-refractivity contribution in [2.75, 3.05) is 0 Å². The van der Waals surface area contributed by atoms with Crippen molar-refractivity contribution < 1.29 is 8.98 Å². The number of fused-ring (bicyclic) bond motifs is 7. The molecular weight excluding hydrogens is 258 g/mol. The molecule has 0 amide bonds. The maximum atomic E-state index is 6.04. The minimum atomic E-state index is 0.826. The Morgan fingerprint density at radius 2 is 2.26 bits per heavy atom. The molecule has 0 aliphatic carbocycles. The molecule has 0 unspecified atom stereocenters. The molecule has 0 atom stereocenters. The fourth-order valence-electron chi connectivity index (χ4n) is 2.75. The zero-order valence-corrected chi connectivity index (χ0v) is 10.6. The van der Waals surface area contributed by atoms with Crippen LogP contribution in [-0.4, -0.2) is 9.97 Å². The highest BCUT2D eigenvalue weighted by Crippen LogP contribution is 2.37. The highest BCUT2D eigenvalue weighted by molar-refractivity contribution is 7.24. The number of hydrogen-bond donors (Lipinski definition) is 0.